The second-order valence-corrected chi connectivity index (χ2v) is 5.86. The van der Waals surface area contributed by atoms with Crippen LogP contribution in [0.4, 0.5) is 4.39 Å². The van der Waals surface area contributed by atoms with Gasteiger partial charge in [0, 0.05) is 11.1 Å². The molecular weight excluding hydrogens is 295 g/mol. The van der Waals surface area contributed by atoms with Gasteiger partial charge in [-0.05, 0) is 60.7 Å². The van der Waals surface area contributed by atoms with Crippen molar-refractivity contribution < 1.29 is 14.3 Å². The molecule has 5 heteroatoms. The molecule has 1 atom stereocenters. The highest BCUT2D eigenvalue weighted by molar-refractivity contribution is 6.04. The number of nitrogens with zero attached hydrogens (tertiary/aromatic N) is 1. The summed E-state index contributed by atoms with van der Waals surface area (Å²) in [6.45, 7) is 2.09. The maximum absolute atomic E-state index is 13.2. The largest absolute Gasteiger partial charge is 0.508 e. The quantitative estimate of drug-likeness (QED) is 0.836. The standard InChI is InChI=1S/C18H17FN2O2/c1-11-7-13-10-15(22)5-6-16(13)17(8-11)20-21-18(23)12-3-2-4-14(19)9-12/h2-6,9-11,22H,7-8H2,1H3,(H,21,23)/b20-17+/t11-/m1/s1. The van der Waals surface area contributed by atoms with E-state index < -0.39 is 11.7 Å². The number of phenols is 1. The highest BCUT2D eigenvalue weighted by Crippen LogP contribution is 2.28. The van der Waals surface area contributed by atoms with Crippen molar-refractivity contribution in [2.24, 2.45) is 11.0 Å². The van der Waals surface area contributed by atoms with Crippen molar-refractivity contribution in [3.8, 4) is 5.75 Å². The van der Waals surface area contributed by atoms with E-state index in [2.05, 4.69) is 17.5 Å². The first-order valence-electron chi connectivity index (χ1n) is 7.47. The summed E-state index contributed by atoms with van der Waals surface area (Å²) in [5, 5.41) is 13.8. The summed E-state index contributed by atoms with van der Waals surface area (Å²) in [6.07, 6.45) is 1.60. The van der Waals surface area contributed by atoms with Gasteiger partial charge < -0.3 is 5.11 Å². The number of phenolic OH excluding ortho intramolecular Hbond substituents is 1. The predicted octanol–water partition coefficient (Wildman–Crippen LogP) is 3.25. The number of amides is 1. The molecule has 2 N–H and O–H groups in total. The van der Waals surface area contributed by atoms with Crippen LogP contribution in [0.3, 0.4) is 0 Å². The van der Waals surface area contributed by atoms with Gasteiger partial charge in [-0.3, -0.25) is 4.79 Å². The van der Waals surface area contributed by atoms with E-state index in [0.717, 1.165) is 29.7 Å². The van der Waals surface area contributed by atoms with Crippen LogP contribution in [-0.4, -0.2) is 16.7 Å². The predicted molar refractivity (Wildman–Crippen MR) is 86.0 cm³/mol. The molecule has 2 aromatic rings. The van der Waals surface area contributed by atoms with Gasteiger partial charge in [0.15, 0.2) is 0 Å². The Morgan fingerprint density at radius 2 is 2.09 bits per heavy atom. The lowest BCUT2D eigenvalue weighted by molar-refractivity contribution is 0.0954. The molecule has 0 saturated heterocycles. The van der Waals surface area contributed by atoms with Crippen LogP contribution in [0, 0.1) is 11.7 Å². The number of carbonyl (C=O) groups is 1. The molecule has 0 heterocycles. The molecule has 3 rings (SSSR count). The molecule has 1 aliphatic rings. The Morgan fingerprint density at radius 3 is 2.87 bits per heavy atom. The summed E-state index contributed by atoms with van der Waals surface area (Å²) >= 11 is 0. The summed E-state index contributed by atoms with van der Waals surface area (Å²) in [4.78, 5) is 12.1. The third-order valence-corrected chi connectivity index (χ3v) is 3.89. The third kappa shape index (κ3) is 3.39. The fourth-order valence-electron chi connectivity index (χ4n) is 2.84. The Morgan fingerprint density at radius 1 is 1.26 bits per heavy atom. The zero-order valence-corrected chi connectivity index (χ0v) is 12.7. The molecule has 118 valence electrons. The number of carbonyl (C=O) groups excluding carboxylic acids is 1. The van der Waals surface area contributed by atoms with E-state index >= 15 is 0 Å². The van der Waals surface area contributed by atoms with E-state index in [-0.39, 0.29) is 11.3 Å². The molecule has 0 aliphatic heterocycles. The number of nitrogens with one attached hydrogen (secondary N) is 1. The molecule has 0 aromatic heterocycles. The Bertz CT molecular complexity index is 786. The van der Waals surface area contributed by atoms with Crippen molar-refractivity contribution in [3.05, 3.63) is 65.0 Å². The lowest BCUT2D eigenvalue weighted by Crippen LogP contribution is -2.24. The van der Waals surface area contributed by atoms with E-state index in [0.29, 0.717) is 5.92 Å². The van der Waals surface area contributed by atoms with Crippen molar-refractivity contribution in [2.45, 2.75) is 19.8 Å². The van der Waals surface area contributed by atoms with Crippen LogP contribution < -0.4 is 5.43 Å². The van der Waals surface area contributed by atoms with Gasteiger partial charge in [0.25, 0.3) is 5.91 Å². The molecule has 0 bridgehead atoms. The van der Waals surface area contributed by atoms with Crippen LogP contribution in [0.15, 0.2) is 47.6 Å². The van der Waals surface area contributed by atoms with Crippen molar-refractivity contribution in [2.75, 3.05) is 0 Å². The van der Waals surface area contributed by atoms with E-state index in [1.54, 1.807) is 12.1 Å². The topological polar surface area (TPSA) is 61.7 Å². The van der Waals surface area contributed by atoms with Gasteiger partial charge in [-0.25, -0.2) is 9.82 Å². The molecule has 0 radical (unpaired) electrons. The maximum atomic E-state index is 13.2. The number of rotatable bonds is 2. The SMILES string of the molecule is C[C@H]1C/C(=N\NC(=O)c2cccc(F)c2)c2ccc(O)cc2C1. The summed E-state index contributed by atoms with van der Waals surface area (Å²) in [6, 6.07) is 10.6. The number of aromatic hydroxyl groups is 1. The van der Waals surface area contributed by atoms with Crippen LogP contribution in [0.1, 0.15) is 34.8 Å². The zero-order valence-electron chi connectivity index (χ0n) is 12.7. The molecule has 0 spiro atoms. The minimum Gasteiger partial charge on any atom is -0.508 e. The number of halogens is 1. The van der Waals surface area contributed by atoms with Gasteiger partial charge in [-0.15, -0.1) is 0 Å². The van der Waals surface area contributed by atoms with Gasteiger partial charge in [0.05, 0.1) is 5.71 Å². The molecular formula is C18H17FN2O2. The van der Waals surface area contributed by atoms with Crippen LogP contribution in [-0.2, 0) is 6.42 Å². The smallest absolute Gasteiger partial charge is 0.271 e. The van der Waals surface area contributed by atoms with Crippen molar-refractivity contribution in [1.82, 2.24) is 5.43 Å². The Hall–Kier alpha value is -2.69. The molecule has 2 aromatic carbocycles. The summed E-state index contributed by atoms with van der Waals surface area (Å²) in [5.41, 5.74) is 5.43. The second kappa shape index (κ2) is 6.20. The fraction of sp³-hybridized carbons (Fsp3) is 0.222. The highest BCUT2D eigenvalue weighted by Gasteiger charge is 2.21. The van der Waals surface area contributed by atoms with E-state index in [1.807, 2.05) is 6.07 Å². The lowest BCUT2D eigenvalue weighted by Gasteiger charge is -2.23. The minimum atomic E-state index is -0.461. The Labute approximate surface area is 133 Å². The number of hydrazone groups is 1. The van der Waals surface area contributed by atoms with Gasteiger partial charge >= 0.3 is 0 Å². The van der Waals surface area contributed by atoms with E-state index in [4.69, 9.17) is 0 Å². The number of benzene rings is 2. The zero-order chi connectivity index (χ0) is 16.4. The molecule has 0 fully saturated rings. The third-order valence-electron chi connectivity index (χ3n) is 3.89. The average molecular weight is 312 g/mol. The number of hydrogen-bond acceptors (Lipinski definition) is 3. The summed E-state index contributed by atoms with van der Waals surface area (Å²) < 4.78 is 13.2. The fourth-order valence-corrected chi connectivity index (χ4v) is 2.84. The summed E-state index contributed by atoms with van der Waals surface area (Å²) in [7, 11) is 0. The molecule has 4 nitrogen and oxygen atoms in total. The second-order valence-electron chi connectivity index (χ2n) is 5.86. The van der Waals surface area contributed by atoms with Crippen LogP contribution in [0.25, 0.3) is 0 Å². The monoisotopic (exact) mass is 312 g/mol. The molecule has 0 unspecified atom stereocenters. The Kier molecular flexibility index (Phi) is 4.10. The van der Waals surface area contributed by atoms with Crippen molar-refractivity contribution >= 4 is 11.6 Å². The molecule has 1 amide bonds. The lowest BCUT2D eigenvalue weighted by atomic mass is 9.83. The van der Waals surface area contributed by atoms with E-state index in [9.17, 15) is 14.3 Å². The van der Waals surface area contributed by atoms with Gasteiger partial charge in [0.1, 0.15) is 11.6 Å². The molecule has 23 heavy (non-hydrogen) atoms. The maximum Gasteiger partial charge on any atom is 0.271 e. The molecule has 0 saturated carbocycles. The van der Waals surface area contributed by atoms with E-state index in [1.165, 1.54) is 24.3 Å². The molecule has 1 aliphatic carbocycles. The Balaban J connectivity index is 1.84. The van der Waals surface area contributed by atoms with Gasteiger partial charge in [-0.2, -0.15) is 5.10 Å². The van der Waals surface area contributed by atoms with Crippen LogP contribution in [0.2, 0.25) is 0 Å². The van der Waals surface area contributed by atoms with Gasteiger partial charge in [-0.1, -0.05) is 13.0 Å². The van der Waals surface area contributed by atoms with Crippen LogP contribution in [0.5, 0.6) is 5.75 Å². The van der Waals surface area contributed by atoms with Gasteiger partial charge in [0.2, 0.25) is 0 Å². The minimum absolute atomic E-state index is 0.223. The first kappa shape index (κ1) is 15.2. The highest BCUT2D eigenvalue weighted by atomic mass is 19.1. The summed E-state index contributed by atoms with van der Waals surface area (Å²) in [5.74, 6) is -0.317. The van der Waals surface area contributed by atoms with Crippen molar-refractivity contribution in [1.29, 1.82) is 0 Å². The van der Waals surface area contributed by atoms with Crippen molar-refractivity contribution in [3.63, 3.8) is 0 Å². The first-order chi connectivity index (χ1) is 11.0. The number of fused-ring (bicyclic) bond motifs is 1. The normalized spacial score (nSPS) is 18.5. The first-order valence-corrected chi connectivity index (χ1v) is 7.47. The van der Waals surface area contributed by atoms with Crippen LogP contribution >= 0.6 is 0 Å². The average Bonchev–Trinajstić information content (AvgIpc) is 2.51. The number of hydrogen-bond donors (Lipinski definition) is 2.